The van der Waals surface area contributed by atoms with Crippen LogP contribution in [0.1, 0.15) is 20.8 Å². The Bertz CT molecular complexity index is 180. The Morgan fingerprint density at radius 1 is 1.20 bits per heavy atom. The molecule has 0 saturated carbocycles. The molecule has 0 aliphatic heterocycles. The average Bonchev–Trinajstić information content (AvgIpc) is 2.16. The molecule has 0 fully saturated rings. The second kappa shape index (κ2) is 7.48. The minimum absolute atomic E-state index is 0.250. The quantitative estimate of drug-likeness (QED) is 0.686. The highest BCUT2D eigenvalue weighted by atomic mass is 16.7. The molecule has 0 rings (SSSR count). The molecule has 1 atom stereocenters. The normalized spacial score (nSPS) is 13.0. The molecule has 90 valence electrons. The Balaban J connectivity index is 3.84. The smallest absolute Gasteiger partial charge is 0.407 e. The second-order valence-corrected chi connectivity index (χ2v) is 3.77. The third-order valence-electron chi connectivity index (χ3n) is 1.77. The first-order valence-corrected chi connectivity index (χ1v) is 5.00. The highest BCUT2D eigenvalue weighted by molar-refractivity contribution is 5.67. The summed E-state index contributed by atoms with van der Waals surface area (Å²) in [6.07, 6.45) is -0.910. The Morgan fingerprint density at radius 3 is 2.13 bits per heavy atom. The molecule has 0 spiro atoms. The van der Waals surface area contributed by atoms with Gasteiger partial charge in [0.2, 0.25) is 0 Å². The van der Waals surface area contributed by atoms with Crippen LogP contribution < -0.4 is 5.32 Å². The van der Waals surface area contributed by atoms with Crippen molar-refractivity contribution in [1.82, 2.24) is 5.32 Å². The van der Waals surface area contributed by atoms with Crippen molar-refractivity contribution in [2.75, 3.05) is 20.8 Å². The number of amides is 1. The summed E-state index contributed by atoms with van der Waals surface area (Å²) in [5.74, 6) is 0.326. The number of carbonyl (C=O) groups excluding carboxylic acids is 1. The van der Waals surface area contributed by atoms with Crippen LogP contribution >= 0.6 is 0 Å². The van der Waals surface area contributed by atoms with Crippen molar-refractivity contribution in [3.05, 3.63) is 0 Å². The molecule has 0 aromatic rings. The molecular formula is C10H21NO4. The summed E-state index contributed by atoms with van der Waals surface area (Å²) in [7, 11) is 3.04. The maximum absolute atomic E-state index is 11.2. The summed E-state index contributed by atoms with van der Waals surface area (Å²) >= 11 is 0. The van der Waals surface area contributed by atoms with E-state index in [2.05, 4.69) is 5.32 Å². The predicted octanol–water partition coefficient (Wildman–Crippen LogP) is 1.38. The van der Waals surface area contributed by atoms with Crippen LogP contribution in [0.4, 0.5) is 4.79 Å². The van der Waals surface area contributed by atoms with Crippen molar-refractivity contribution in [2.24, 2.45) is 5.92 Å². The van der Waals surface area contributed by atoms with E-state index >= 15 is 0 Å². The highest BCUT2D eigenvalue weighted by Crippen LogP contribution is 1.99. The van der Waals surface area contributed by atoms with Gasteiger partial charge in [0.1, 0.15) is 0 Å². The molecule has 1 N–H and O–H groups in total. The highest BCUT2D eigenvalue weighted by Gasteiger charge is 2.18. The van der Waals surface area contributed by atoms with Gasteiger partial charge < -0.3 is 19.5 Å². The van der Waals surface area contributed by atoms with E-state index in [1.54, 1.807) is 6.92 Å². The molecule has 0 saturated heterocycles. The first-order valence-electron chi connectivity index (χ1n) is 5.00. The predicted molar refractivity (Wildman–Crippen MR) is 56.6 cm³/mol. The maximum atomic E-state index is 11.2. The Morgan fingerprint density at radius 2 is 1.73 bits per heavy atom. The van der Waals surface area contributed by atoms with E-state index in [0.717, 1.165) is 0 Å². The van der Waals surface area contributed by atoms with Crippen molar-refractivity contribution < 1.29 is 19.0 Å². The number of hydrogen-bond donors (Lipinski definition) is 1. The minimum Gasteiger partial charge on any atom is -0.449 e. The number of nitrogens with one attached hydrogen (secondary N) is 1. The molecule has 5 heteroatoms. The van der Waals surface area contributed by atoms with Crippen molar-refractivity contribution >= 4 is 6.09 Å². The van der Waals surface area contributed by atoms with Crippen molar-refractivity contribution in [2.45, 2.75) is 33.1 Å². The molecule has 1 unspecified atom stereocenters. The SMILES string of the molecule is COC(OC)C(C)NC(=O)OCC(C)C. The monoisotopic (exact) mass is 219 g/mol. The van der Waals surface area contributed by atoms with Gasteiger partial charge >= 0.3 is 6.09 Å². The lowest BCUT2D eigenvalue weighted by Crippen LogP contribution is -2.43. The Labute approximate surface area is 91.1 Å². The molecule has 0 aliphatic carbocycles. The third-order valence-corrected chi connectivity index (χ3v) is 1.77. The first kappa shape index (κ1) is 14.2. The molecule has 0 aliphatic rings. The van der Waals surface area contributed by atoms with E-state index in [9.17, 15) is 4.79 Å². The first-order chi connectivity index (χ1) is 7.01. The van der Waals surface area contributed by atoms with Crippen LogP contribution in [-0.2, 0) is 14.2 Å². The molecule has 5 nitrogen and oxygen atoms in total. The molecule has 0 aromatic heterocycles. The van der Waals surface area contributed by atoms with Gasteiger partial charge in [-0.3, -0.25) is 0 Å². The summed E-state index contributed by atoms with van der Waals surface area (Å²) in [4.78, 5) is 11.2. The molecule has 1 amide bonds. The topological polar surface area (TPSA) is 56.8 Å². The Kier molecular flexibility index (Phi) is 7.07. The van der Waals surface area contributed by atoms with Crippen LogP contribution in [0.2, 0.25) is 0 Å². The summed E-state index contributed by atoms with van der Waals surface area (Å²) < 4.78 is 14.9. The van der Waals surface area contributed by atoms with Gasteiger partial charge in [0.15, 0.2) is 6.29 Å². The standard InChI is InChI=1S/C10H21NO4/c1-7(2)6-15-10(12)11-8(3)9(13-4)14-5/h7-9H,6H2,1-5H3,(H,11,12). The molecule has 0 heterocycles. The van der Waals surface area contributed by atoms with E-state index in [1.807, 2.05) is 13.8 Å². The van der Waals surface area contributed by atoms with Crippen LogP contribution in [0.25, 0.3) is 0 Å². The van der Waals surface area contributed by atoms with Gasteiger partial charge in [-0.15, -0.1) is 0 Å². The summed E-state index contributed by atoms with van der Waals surface area (Å²) in [5, 5.41) is 2.63. The van der Waals surface area contributed by atoms with E-state index < -0.39 is 12.4 Å². The summed E-state index contributed by atoms with van der Waals surface area (Å²) in [6, 6.07) is -0.250. The van der Waals surface area contributed by atoms with E-state index in [4.69, 9.17) is 14.2 Å². The van der Waals surface area contributed by atoms with Crippen LogP contribution in [0.15, 0.2) is 0 Å². The van der Waals surface area contributed by atoms with Crippen molar-refractivity contribution in [3.63, 3.8) is 0 Å². The molecule has 15 heavy (non-hydrogen) atoms. The van der Waals surface area contributed by atoms with Gasteiger partial charge in [0.05, 0.1) is 12.6 Å². The van der Waals surface area contributed by atoms with Crippen LogP contribution in [0.5, 0.6) is 0 Å². The lowest BCUT2D eigenvalue weighted by Gasteiger charge is -2.21. The van der Waals surface area contributed by atoms with Gasteiger partial charge in [-0.25, -0.2) is 4.79 Å². The lowest BCUT2D eigenvalue weighted by molar-refractivity contribution is -0.118. The fourth-order valence-electron chi connectivity index (χ4n) is 1.04. The molecule has 0 aromatic carbocycles. The van der Waals surface area contributed by atoms with Gasteiger partial charge in [-0.1, -0.05) is 13.8 Å². The molecule has 0 bridgehead atoms. The fourth-order valence-corrected chi connectivity index (χ4v) is 1.04. The number of hydrogen-bond acceptors (Lipinski definition) is 4. The number of alkyl carbamates (subject to hydrolysis) is 1. The minimum atomic E-state index is -0.461. The van der Waals surface area contributed by atoms with Crippen LogP contribution in [-0.4, -0.2) is 39.3 Å². The number of ether oxygens (including phenoxy) is 3. The Hall–Kier alpha value is -0.810. The van der Waals surface area contributed by atoms with Crippen molar-refractivity contribution in [1.29, 1.82) is 0 Å². The van der Waals surface area contributed by atoms with Crippen LogP contribution in [0, 0.1) is 5.92 Å². The zero-order chi connectivity index (χ0) is 11.8. The largest absolute Gasteiger partial charge is 0.449 e. The lowest BCUT2D eigenvalue weighted by atomic mass is 10.2. The summed E-state index contributed by atoms with van der Waals surface area (Å²) in [5.41, 5.74) is 0. The zero-order valence-electron chi connectivity index (χ0n) is 10.1. The average molecular weight is 219 g/mol. The third kappa shape index (κ3) is 6.30. The summed E-state index contributed by atoms with van der Waals surface area (Å²) in [6.45, 7) is 6.14. The zero-order valence-corrected chi connectivity index (χ0v) is 10.1. The van der Waals surface area contributed by atoms with E-state index in [-0.39, 0.29) is 6.04 Å². The molecule has 0 radical (unpaired) electrons. The van der Waals surface area contributed by atoms with Gasteiger partial charge in [0.25, 0.3) is 0 Å². The molecular weight excluding hydrogens is 198 g/mol. The maximum Gasteiger partial charge on any atom is 0.407 e. The van der Waals surface area contributed by atoms with E-state index in [0.29, 0.717) is 12.5 Å². The van der Waals surface area contributed by atoms with E-state index in [1.165, 1.54) is 14.2 Å². The number of rotatable bonds is 6. The second-order valence-electron chi connectivity index (χ2n) is 3.77. The van der Waals surface area contributed by atoms with Crippen LogP contribution in [0.3, 0.4) is 0 Å². The number of carbonyl (C=O) groups is 1. The van der Waals surface area contributed by atoms with Gasteiger partial charge in [-0.2, -0.15) is 0 Å². The number of methoxy groups -OCH3 is 2. The fraction of sp³-hybridized carbons (Fsp3) is 0.900. The van der Waals surface area contributed by atoms with Gasteiger partial charge in [-0.05, 0) is 12.8 Å². The van der Waals surface area contributed by atoms with Gasteiger partial charge in [0, 0.05) is 14.2 Å². The van der Waals surface area contributed by atoms with Crippen molar-refractivity contribution in [3.8, 4) is 0 Å².